The summed E-state index contributed by atoms with van der Waals surface area (Å²) in [5.41, 5.74) is 1.46. The minimum absolute atomic E-state index is 0. The van der Waals surface area contributed by atoms with E-state index >= 15 is 0 Å². The van der Waals surface area contributed by atoms with Crippen LogP contribution in [0.3, 0.4) is 0 Å². The fourth-order valence-electron chi connectivity index (χ4n) is 2.25. The number of guanidine groups is 1. The molecule has 0 bridgehead atoms. The van der Waals surface area contributed by atoms with Gasteiger partial charge in [0.2, 0.25) is 0 Å². The molecule has 0 amide bonds. The monoisotopic (exact) mass is 516 g/mol. The summed E-state index contributed by atoms with van der Waals surface area (Å²) in [5, 5.41) is 6.56. The lowest BCUT2D eigenvalue weighted by Crippen LogP contribution is -2.38. The summed E-state index contributed by atoms with van der Waals surface area (Å²) in [4.78, 5) is 10.5. The average molecular weight is 517 g/mol. The fraction of sp³-hybridized carbons (Fsp3) is 0.375. The van der Waals surface area contributed by atoms with Gasteiger partial charge in [-0.3, -0.25) is 4.99 Å². The number of alkyl halides is 2. The quantitative estimate of drug-likeness (QED) is 0.348. The van der Waals surface area contributed by atoms with Gasteiger partial charge < -0.3 is 15.0 Å². The smallest absolute Gasteiger partial charge is 0.387 e. The predicted molar refractivity (Wildman–Crippen MR) is 112 cm³/mol. The molecule has 26 heavy (non-hydrogen) atoms. The number of nitrogens with zero attached hydrogens (tertiary/aromatic N) is 3. The molecule has 0 unspecified atom stereocenters. The third-order valence-corrected chi connectivity index (χ3v) is 4.37. The van der Waals surface area contributed by atoms with Gasteiger partial charge in [-0.15, -0.1) is 35.3 Å². The minimum Gasteiger partial charge on any atom is -0.434 e. The van der Waals surface area contributed by atoms with Crippen molar-refractivity contribution in [2.45, 2.75) is 26.6 Å². The lowest BCUT2D eigenvalue weighted by molar-refractivity contribution is -0.0504. The Morgan fingerprint density at radius 2 is 2.19 bits per heavy atom. The molecule has 0 saturated heterocycles. The fourth-order valence-corrected chi connectivity index (χ4v) is 3.05. The molecule has 10 heteroatoms. The van der Waals surface area contributed by atoms with Gasteiger partial charge in [-0.05, 0) is 25.1 Å². The molecule has 1 N–H and O–H groups in total. The molecule has 0 aliphatic carbocycles. The van der Waals surface area contributed by atoms with E-state index in [0.29, 0.717) is 23.1 Å². The summed E-state index contributed by atoms with van der Waals surface area (Å²) in [6, 6.07) is 4.52. The molecule has 0 atom stereocenters. The standard InChI is InChI=1S/C16H19ClF2N4OS.HI/c1-10-22-13(9-25-10)8-23(3)16(20-2)21-7-11-6-12(17)4-5-14(11)24-15(18)19;/h4-6,9,15H,7-8H2,1-3H3,(H,20,21);1H. The molecule has 5 nitrogen and oxygen atoms in total. The Morgan fingerprint density at radius 1 is 1.46 bits per heavy atom. The van der Waals surface area contributed by atoms with E-state index in [2.05, 4.69) is 20.0 Å². The van der Waals surface area contributed by atoms with E-state index in [0.717, 1.165) is 10.7 Å². The van der Waals surface area contributed by atoms with Gasteiger partial charge in [-0.25, -0.2) is 4.98 Å². The highest BCUT2D eigenvalue weighted by molar-refractivity contribution is 14.0. The molecule has 0 aliphatic heterocycles. The number of ether oxygens (including phenoxy) is 1. The Morgan fingerprint density at radius 3 is 2.77 bits per heavy atom. The highest BCUT2D eigenvalue weighted by Gasteiger charge is 2.13. The topological polar surface area (TPSA) is 49.8 Å². The third-order valence-electron chi connectivity index (χ3n) is 3.31. The van der Waals surface area contributed by atoms with E-state index < -0.39 is 6.61 Å². The zero-order chi connectivity index (χ0) is 18.4. The number of halogens is 4. The molecule has 2 aromatic rings. The van der Waals surface area contributed by atoms with Gasteiger partial charge in [-0.1, -0.05) is 11.6 Å². The van der Waals surface area contributed by atoms with Gasteiger partial charge in [-0.2, -0.15) is 8.78 Å². The summed E-state index contributed by atoms with van der Waals surface area (Å²) >= 11 is 7.54. The molecule has 0 fully saturated rings. The molecule has 0 radical (unpaired) electrons. The highest BCUT2D eigenvalue weighted by Crippen LogP contribution is 2.24. The summed E-state index contributed by atoms with van der Waals surface area (Å²) < 4.78 is 29.6. The lowest BCUT2D eigenvalue weighted by atomic mass is 10.2. The maximum atomic E-state index is 12.5. The molecule has 2 rings (SSSR count). The van der Waals surface area contributed by atoms with Crippen molar-refractivity contribution in [1.82, 2.24) is 15.2 Å². The first-order valence-corrected chi connectivity index (χ1v) is 8.71. The molecule has 0 spiro atoms. The molecule has 1 aromatic heterocycles. The second-order valence-electron chi connectivity index (χ2n) is 5.25. The van der Waals surface area contributed by atoms with Crippen LogP contribution in [0.5, 0.6) is 5.75 Å². The van der Waals surface area contributed by atoms with Crippen molar-refractivity contribution >= 4 is 52.9 Å². The van der Waals surface area contributed by atoms with E-state index in [1.165, 1.54) is 12.1 Å². The van der Waals surface area contributed by atoms with E-state index in [1.54, 1.807) is 24.5 Å². The normalized spacial score (nSPS) is 11.3. The van der Waals surface area contributed by atoms with Crippen molar-refractivity contribution in [3.05, 3.63) is 44.9 Å². The maximum Gasteiger partial charge on any atom is 0.387 e. The third kappa shape index (κ3) is 6.84. The Bertz CT molecular complexity index is 745. The van der Waals surface area contributed by atoms with Crippen LogP contribution >= 0.6 is 46.9 Å². The second-order valence-corrected chi connectivity index (χ2v) is 6.74. The van der Waals surface area contributed by atoms with Gasteiger partial charge in [0.25, 0.3) is 0 Å². The number of nitrogens with one attached hydrogen (secondary N) is 1. The molecule has 1 heterocycles. The molecular formula is C16H20ClF2IN4OS. The van der Waals surface area contributed by atoms with Crippen LogP contribution in [0.2, 0.25) is 5.02 Å². The van der Waals surface area contributed by atoms with E-state index in [4.69, 9.17) is 11.6 Å². The lowest BCUT2D eigenvalue weighted by Gasteiger charge is -2.22. The Kier molecular flexibility index (Phi) is 9.51. The molecule has 0 saturated carbocycles. The van der Waals surface area contributed by atoms with Crippen molar-refractivity contribution in [1.29, 1.82) is 0 Å². The Balaban J connectivity index is 0.00000338. The van der Waals surface area contributed by atoms with Crippen molar-refractivity contribution in [2.24, 2.45) is 4.99 Å². The summed E-state index contributed by atoms with van der Waals surface area (Å²) in [5.74, 6) is 0.689. The van der Waals surface area contributed by atoms with E-state index in [-0.39, 0.29) is 36.3 Å². The molecule has 0 aliphatic rings. The van der Waals surface area contributed by atoms with Crippen LogP contribution in [-0.2, 0) is 13.1 Å². The van der Waals surface area contributed by atoms with Crippen LogP contribution in [-0.4, -0.2) is 36.6 Å². The number of aryl methyl sites for hydroxylation is 1. The molecule has 144 valence electrons. The second kappa shape index (κ2) is 10.8. The van der Waals surface area contributed by atoms with Crippen LogP contribution in [0.4, 0.5) is 8.78 Å². The van der Waals surface area contributed by atoms with Crippen LogP contribution in [0, 0.1) is 6.92 Å². The number of aromatic nitrogens is 1. The highest BCUT2D eigenvalue weighted by atomic mass is 127. The summed E-state index contributed by atoms with van der Waals surface area (Å²) in [6.45, 7) is -0.115. The van der Waals surface area contributed by atoms with Gasteiger partial charge in [0.15, 0.2) is 5.96 Å². The number of aliphatic imine (C=N–C) groups is 1. The zero-order valence-corrected chi connectivity index (χ0v) is 18.4. The van der Waals surface area contributed by atoms with Crippen LogP contribution < -0.4 is 10.1 Å². The average Bonchev–Trinajstić information content (AvgIpc) is 2.95. The largest absolute Gasteiger partial charge is 0.434 e. The van der Waals surface area contributed by atoms with Gasteiger partial charge in [0.05, 0.1) is 17.2 Å². The van der Waals surface area contributed by atoms with Gasteiger partial charge in [0, 0.05) is 36.6 Å². The number of thiazole rings is 1. The molecular weight excluding hydrogens is 497 g/mol. The zero-order valence-electron chi connectivity index (χ0n) is 14.5. The van der Waals surface area contributed by atoms with Crippen LogP contribution in [0.25, 0.3) is 0 Å². The SMILES string of the molecule is CN=C(NCc1cc(Cl)ccc1OC(F)F)N(C)Cc1csc(C)n1.I. The first kappa shape index (κ1) is 22.8. The van der Waals surface area contributed by atoms with Crippen molar-refractivity contribution in [3.63, 3.8) is 0 Å². The van der Waals surface area contributed by atoms with Gasteiger partial charge in [0.1, 0.15) is 5.75 Å². The number of rotatable bonds is 6. The van der Waals surface area contributed by atoms with Gasteiger partial charge >= 0.3 is 6.61 Å². The Hall–Kier alpha value is -1.20. The Labute approximate surface area is 177 Å². The van der Waals surface area contributed by atoms with Crippen molar-refractivity contribution in [3.8, 4) is 5.75 Å². The first-order chi connectivity index (χ1) is 11.9. The van der Waals surface area contributed by atoms with E-state index in [1.807, 2.05) is 24.3 Å². The summed E-state index contributed by atoms with van der Waals surface area (Å²) in [6.07, 6.45) is 0. The number of hydrogen-bond donors (Lipinski definition) is 1. The minimum atomic E-state index is -2.89. The number of hydrogen-bond acceptors (Lipinski definition) is 4. The van der Waals surface area contributed by atoms with Crippen LogP contribution in [0.15, 0.2) is 28.6 Å². The van der Waals surface area contributed by atoms with E-state index in [9.17, 15) is 8.78 Å². The van der Waals surface area contributed by atoms with Crippen molar-refractivity contribution in [2.75, 3.05) is 14.1 Å². The molecule has 1 aromatic carbocycles. The maximum absolute atomic E-state index is 12.5. The predicted octanol–water partition coefficient (Wildman–Crippen LogP) is 4.53. The first-order valence-electron chi connectivity index (χ1n) is 7.45. The number of benzene rings is 1. The summed E-state index contributed by atoms with van der Waals surface area (Å²) in [7, 11) is 3.53. The van der Waals surface area contributed by atoms with Crippen molar-refractivity contribution < 1.29 is 13.5 Å². The van der Waals surface area contributed by atoms with Crippen LogP contribution in [0.1, 0.15) is 16.3 Å².